The Bertz CT molecular complexity index is 1650. The number of sulfonamides is 1. The number of benzene rings is 3. The Labute approximate surface area is 266 Å². The van der Waals surface area contributed by atoms with E-state index in [1.807, 2.05) is 13.8 Å². The molecule has 4 rings (SSSR count). The number of aryl methyl sites for hydroxylation is 1. The molecule has 0 saturated carbocycles. The van der Waals surface area contributed by atoms with Crippen molar-refractivity contribution in [3.63, 3.8) is 0 Å². The van der Waals surface area contributed by atoms with Crippen LogP contribution in [0.3, 0.4) is 0 Å². The van der Waals surface area contributed by atoms with Gasteiger partial charge in [-0.05, 0) is 68.4 Å². The summed E-state index contributed by atoms with van der Waals surface area (Å²) >= 11 is 0. The van der Waals surface area contributed by atoms with E-state index in [0.717, 1.165) is 29.8 Å². The van der Waals surface area contributed by atoms with Gasteiger partial charge < -0.3 is 25.4 Å². The number of anilines is 2. The number of rotatable bonds is 8. The lowest BCUT2D eigenvalue weighted by Gasteiger charge is -2.33. The van der Waals surface area contributed by atoms with Crippen molar-refractivity contribution < 1.29 is 41.0 Å². The summed E-state index contributed by atoms with van der Waals surface area (Å²) in [7, 11) is -2.41. The van der Waals surface area contributed by atoms with Crippen LogP contribution < -0.4 is 15.4 Å². The minimum atomic E-state index is -4.51. The third-order valence-electron chi connectivity index (χ3n) is 7.81. The van der Waals surface area contributed by atoms with Gasteiger partial charge >= 0.3 is 12.2 Å². The van der Waals surface area contributed by atoms with Crippen LogP contribution in [0.1, 0.15) is 30.5 Å². The number of nitrogens with one attached hydrogen (secondary N) is 2. The van der Waals surface area contributed by atoms with Crippen LogP contribution in [0.15, 0.2) is 71.6 Å². The Kier molecular flexibility index (Phi) is 10.6. The van der Waals surface area contributed by atoms with E-state index in [4.69, 9.17) is 4.74 Å². The molecule has 3 atom stereocenters. The van der Waals surface area contributed by atoms with Crippen LogP contribution in [0.5, 0.6) is 5.75 Å². The van der Waals surface area contributed by atoms with Crippen molar-refractivity contribution in [2.75, 3.05) is 37.4 Å². The maximum absolute atomic E-state index is 13.5. The van der Waals surface area contributed by atoms with Gasteiger partial charge in [-0.15, -0.1) is 0 Å². The van der Waals surface area contributed by atoms with E-state index >= 15 is 0 Å². The number of nitrogens with zero attached hydrogens (tertiary/aromatic N) is 2. The summed E-state index contributed by atoms with van der Waals surface area (Å²) < 4.78 is 73.0. The Morgan fingerprint density at radius 2 is 1.67 bits per heavy atom. The van der Waals surface area contributed by atoms with Crippen molar-refractivity contribution in [1.82, 2.24) is 9.21 Å². The number of aliphatic hydroxyl groups is 1. The lowest BCUT2D eigenvalue weighted by atomic mass is 10.0. The molecular weight excluding hydrogens is 625 g/mol. The molecule has 0 aromatic heterocycles. The molecule has 3 aromatic carbocycles. The molecule has 0 aliphatic carbocycles. The minimum Gasteiger partial charge on any atom is -0.488 e. The first-order chi connectivity index (χ1) is 21.6. The fraction of sp³-hybridized carbons (Fsp3) is 0.375. The van der Waals surface area contributed by atoms with Gasteiger partial charge in [-0.1, -0.05) is 24.6 Å². The van der Waals surface area contributed by atoms with Gasteiger partial charge in [0.15, 0.2) is 0 Å². The molecule has 0 fully saturated rings. The summed E-state index contributed by atoms with van der Waals surface area (Å²) in [4.78, 5) is 27.8. The number of hydrogen-bond acceptors (Lipinski definition) is 6. The largest absolute Gasteiger partial charge is 0.488 e. The van der Waals surface area contributed by atoms with E-state index < -0.39 is 39.9 Å². The zero-order chi connectivity index (χ0) is 33.8. The molecule has 0 spiro atoms. The number of fused-ring (bicyclic) bond motifs is 1. The van der Waals surface area contributed by atoms with E-state index in [1.54, 1.807) is 31.2 Å². The number of amides is 3. The number of ether oxygens (including phenoxy) is 1. The van der Waals surface area contributed by atoms with Gasteiger partial charge in [0.1, 0.15) is 11.9 Å². The van der Waals surface area contributed by atoms with E-state index in [9.17, 15) is 36.3 Å². The van der Waals surface area contributed by atoms with Crippen LogP contribution in [0, 0.1) is 12.8 Å². The van der Waals surface area contributed by atoms with Crippen molar-refractivity contribution >= 4 is 33.3 Å². The lowest BCUT2D eigenvalue weighted by Crippen LogP contribution is -2.48. The van der Waals surface area contributed by atoms with Crippen molar-refractivity contribution in [3.8, 4) is 5.75 Å². The van der Waals surface area contributed by atoms with Gasteiger partial charge in [-0.25, -0.2) is 13.2 Å². The molecule has 0 radical (unpaired) electrons. The van der Waals surface area contributed by atoms with Crippen LogP contribution in [0.4, 0.5) is 29.3 Å². The smallest absolute Gasteiger partial charge is 0.416 e. The quantitative estimate of drug-likeness (QED) is 0.307. The zero-order valence-corrected chi connectivity index (χ0v) is 26.7. The predicted octanol–water partition coefficient (Wildman–Crippen LogP) is 5.13. The molecule has 3 N–H and O–H groups in total. The first-order valence-electron chi connectivity index (χ1n) is 14.6. The first-order valence-corrected chi connectivity index (χ1v) is 16.0. The Hall–Kier alpha value is -4.14. The van der Waals surface area contributed by atoms with Crippen molar-refractivity contribution in [2.45, 2.75) is 50.4 Å². The molecule has 0 unspecified atom stereocenters. The molecule has 3 aromatic rings. The van der Waals surface area contributed by atoms with Crippen LogP contribution in [-0.4, -0.2) is 73.6 Å². The predicted molar refractivity (Wildman–Crippen MR) is 167 cm³/mol. The second-order valence-electron chi connectivity index (χ2n) is 11.5. The van der Waals surface area contributed by atoms with Gasteiger partial charge in [0.25, 0.3) is 0 Å². The van der Waals surface area contributed by atoms with Crippen LogP contribution in [-0.2, 0) is 27.4 Å². The van der Waals surface area contributed by atoms with Crippen molar-refractivity contribution in [2.24, 2.45) is 5.92 Å². The molecule has 0 saturated heterocycles. The summed E-state index contributed by atoms with van der Waals surface area (Å²) in [5, 5.41) is 15.0. The standard InChI is InChI=1S/C32H37F3N4O6S/c1-20-5-12-27(13-6-20)46(43,44)38(4)18-29-21(2)17-39(22(3)19-40)30(41)16-23-15-26(11-14-28(23)45-29)37-31(42)36-25-9-7-24(8-10-25)32(33,34)35/h5-15,21-22,29,40H,16-19H2,1-4H3,(H2,36,37,42)/t21-,22-,29+/m1/s1. The summed E-state index contributed by atoms with van der Waals surface area (Å²) in [6.07, 6.45) is -5.34. The monoisotopic (exact) mass is 662 g/mol. The number of alkyl halides is 3. The number of carbonyl (C=O) groups is 2. The highest BCUT2D eigenvalue weighted by Gasteiger charge is 2.34. The summed E-state index contributed by atoms with van der Waals surface area (Å²) in [6, 6.07) is 13.9. The van der Waals surface area contributed by atoms with E-state index in [0.29, 0.717) is 11.3 Å². The fourth-order valence-corrected chi connectivity index (χ4v) is 6.19. The SMILES string of the molecule is Cc1ccc(S(=O)(=O)N(C)C[C@@H]2Oc3ccc(NC(=O)Nc4ccc(C(F)(F)F)cc4)cc3CC(=O)N([C@H](C)CO)C[C@H]2C)cc1. The fourth-order valence-electron chi connectivity index (χ4n) is 5.00. The van der Waals surface area contributed by atoms with E-state index in [2.05, 4.69) is 10.6 Å². The molecule has 3 amide bonds. The van der Waals surface area contributed by atoms with Crippen LogP contribution in [0.2, 0.25) is 0 Å². The van der Waals surface area contributed by atoms with Crippen molar-refractivity contribution in [3.05, 3.63) is 83.4 Å². The Morgan fingerprint density at radius 1 is 1.07 bits per heavy atom. The third kappa shape index (κ3) is 8.36. The summed E-state index contributed by atoms with van der Waals surface area (Å²) in [5.74, 6) is -0.337. The van der Waals surface area contributed by atoms with E-state index in [-0.39, 0.29) is 54.2 Å². The van der Waals surface area contributed by atoms with Gasteiger partial charge in [0.05, 0.1) is 36.1 Å². The first kappa shape index (κ1) is 34.7. The molecule has 248 valence electrons. The topological polar surface area (TPSA) is 128 Å². The molecule has 14 heteroatoms. The molecule has 1 heterocycles. The number of aliphatic hydroxyl groups excluding tert-OH is 1. The van der Waals surface area contributed by atoms with Gasteiger partial charge in [0, 0.05) is 36.4 Å². The van der Waals surface area contributed by atoms with Gasteiger partial charge in [-0.3, -0.25) is 4.79 Å². The van der Waals surface area contributed by atoms with Crippen molar-refractivity contribution in [1.29, 1.82) is 0 Å². The third-order valence-corrected chi connectivity index (χ3v) is 9.65. The number of carbonyl (C=O) groups excluding carboxylic acids is 2. The second-order valence-corrected chi connectivity index (χ2v) is 13.5. The second kappa shape index (κ2) is 14.1. The Balaban J connectivity index is 1.58. The molecule has 1 aliphatic rings. The highest BCUT2D eigenvalue weighted by molar-refractivity contribution is 7.89. The average molecular weight is 663 g/mol. The van der Waals surface area contributed by atoms with E-state index in [1.165, 1.54) is 34.5 Å². The zero-order valence-electron chi connectivity index (χ0n) is 25.8. The molecule has 0 bridgehead atoms. The molecule has 10 nitrogen and oxygen atoms in total. The van der Waals surface area contributed by atoms with Gasteiger partial charge in [0.2, 0.25) is 15.9 Å². The Morgan fingerprint density at radius 3 is 2.28 bits per heavy atom. The number of halogens is 3. The normalized spacial score (nSPS) is 18.1. The highest BCUT2D eigenvalue weighted by atomic mass is 32.2. The minimum absolute atomic E-state index is 0.0398. The van der Waals surface area contributed by atoms with Crippen LogP contribution in [0.25, 0.3) is 0 Å². The molecule has 1 aliphatic heterocycles. The van der Waals surface area contributed by atoms with Crippen LogP contribution >= 0.6 is 0 Å². The number of urea groups is 1. The maximum atomic E-state index is 13.5. The molecular formula is C32H37F3N4O6S. The highest BCUT2D eigenvalue weighted by Crippen LogP contribution is 2.31. The maximum Gasteiger partial charge on any atom is 0.416 e. The summed E-state index contributed by atoms with van der Waals surface area (Å²) in [5.41, 5.74) is 0.902. The number of hydrogen-bond donors (Lipinski definition) is 3. The lowest BCUT2D eigenvalue weighted by molar-refractivity contribution is -0.137. The van der Waals surface area contributed by atoms with Gasteiger partial charge in [-0.2, -0.15) is 17.5 Å². The number of likely N-dealkylation sites (N-methyl/N-ethyl adjacent to an activating group) is 1. The molecule has 46 heavy (non-hydrogen) atoms. The summed E-state index contributed by atoms with van der Waals surface area (Å²) in [6.45, 7) is 5.27. The average Bonchev–Trinajstić information content (AvgIpc) is 3.04.